The van der Waals surface area contributed by atoms with Crippen molar-refractivity contribution in [3.63, 3.8) is 0 Å². The number of sulfone groups is 1. The van der Waals surface area contributed by atoms with Crippen molar-refractivity contribution in [2.24, 2.45) is 14.1 Å². The zero-order valence-corrected chi connectivity index (χ0v) is 39.2. The van der Waals surface area contributed by atoms with E-state index in [2.05, 4.69) is 10.6 Å². The van der Waals surface area contributed by atoms with Crippen LogP contribution >= 0.6 is 0 Å². The van der Waals surface area contributed by atoms with E-state index in [9.17, 15) is 42.0 Å². The van der Waals surface area contributed by atoms with Gasteiger partial charge in [-0.25, -0.2) is 13.2 Å². The molecule has 2 aliphatic rings. The van der Waals surface area contributed by atoms with E-state index in [4.69, 9.17) is 14.2 Å². The van der Waals surface area contributed by atoms with Crippen molar-refractivity contribution in [1.29, 1.82) is 0 Å². The second kappa shape index (κ2) is 21.7. The number of ether oxygens (including phenoxy) is 3. The Balaban J connectivity index is 0.831. The number of aryl methyl sites for hydroxylation is 2. The molecule has 1 aromatic heterocycles. The molecule has 18 heteroatoms. The molecule has 3 heterocycles. The number of aromatic nitrogens is 2. The van der Waals surface area contributed by atoms with Crippen LogP contribution in [0.4, 0.5) is 0 Å². The van der Waals surface area contributed by atoms with Crippen molar-refractivity contribution in [3.05, 3.63) is 112 Å². The highest BCUT2D eigenvalue weighted by Crippen LogP contribution is 2.35. The van der Waals surface area contributed by atoms with E-state index in [1.165, 1.54) is 39.5 Å². The van der Waals surface area contributed by atoms with Crippen LogP contribution in [0.2, 0.25) is 0 Å². The topological polar surface area (TPSA) is 218 Å². The smallest absolute Gasteiger partial charge is 0.328 e. The Morgan fingerprint density at radius 1 is 0.765 bits per heavy atom. The fourth-order valence-electron chi connectivity index (χ4n) is 8.34. The molecule has 1 saturated heterocycles. The highest BCUT2D eigenvalue weighted by atomic mass is 32.2. The molecule has 2 N–H and O–H groups in total. The predicted molar refractivity (Wildman–Crippen MR) is 251 cm³/mol. The molecule has 0 bridgehead atoms. The van der Waals surface area contributed by atoms with Crippen LogP contribution in [0.1, 0.15) is 114 Å². The van der Waals surface area contributed by atoms with Crippen LogP contribution in [0.15, 0.2) is 88.6 Å². The summed E-state index contributed by atoms with van der Waals surface area (Å²) in [6.45, 7) is 2.65. The number of nitrogens with zero attached hydrogens (tertiary/aromatic N) is 3. The van der Waals surface area contributed by atoms with Gasteiger partial charge in [0.25, 0.3) is 17.7 Å². The Morgan fingerprint density at radius 3 is 2.21 bits per heavy atom. The Bertz CT molecular complexity index is 2940. The van der Waals surface area contributed by atoms with Crippen LogP contribution in [-0.2, 0) is 44.1 Å². The van der Waals surface area contributed by atoms with Crippen LogP contribution in [-0.4, -0.2) is 83.6 Å². The minimum atomic E-state index is -4.01. The highest BCUT2D eigenvalue weighted by Gasteiger charge is 2.46. The van der Waals surface area contributed by atoms with Crippen LogP contribution in [0.25, 0.3) is 11.0 Å². The number of amides is 5. The van der Waals surface area contributed by atoms with Gasteiger partial charge in [-0.05, 0) is 74.2 Å². The van der Waals surface area contributed by atoms with Gasteiger partial charge in [0.2, 0.25) is 11.8 Å². The third-order valence-electron chi connectivity index (χ3n) is 12.0. The monoisotopic (exact) mass is 949 g/mol. The number of carbonyl (C=O) groups excluding carboxylic acids is 6. The van der Waals surface area contributed by atoms with Gasteiger partial charge in [0, 0.05) is 56.7 Å². The lowest BCUT2D eigenvalue weighted by molar-refractivity contribution is -0.136. The number of nitrogens with one attached hydrogen (secondary N) is 2. The molecule has 0 saturated carbocycles. The van der Waals surface area contributed by atoms with E-state index >= 15 is 0 Å². The van der Waals surface area contributed by atoms with Crippen LogP contribution < -0.4 is 30.5 Å². The minimum absolute atomic E-state index is 0.00217. The Kier molecular flexibility index (Phi) is 15.6. The van der Waals surface area contributed by atoms with Crippen molar-refractivity contribution in [1.82, 2.24) is 24.7 Å². The largest absolute Gasteiger partial charge is 0.493 e. The van der Waals surface area contributed by atoms with E-state index in [1.54, 1.807) is 62.6 Å². The lowest BCUT2D eigenvalue weighted by atomic mass is 10.0. The number of unbranched alkanes of at least 4 members (excludes halogenated alkanes) is 6. The van der Waals surface area contributed by atoms with Gasteiger partial charge in [0.15, 0.2) is 15.6 Å². The lowest BCUT2D eigenvalue weighted by Gasteiger charge is -2.27. The molecule has 1 fully saturated rings. The Labute approximate surface area is 393 Å². The van der Waals surface area contributed by atoms with Gasteiger partial charge in [0.05, 0.1) is 39.4 Å². The summed E-state index contributed by atoms with van der Waals surface area (Å²) in [5, 5.41) is 5.05. The number of Topliss-reactive ketones (excluding diaryl/α,β-unsaturated/α-hetero) is 1. The van der Waals surface area contributed by atoms with E-state index in [-0.39, 0.29) is 70.4 Å². The van der Waals surface area contributed by atoms with Crippen molar-refractivity contribution in [2.75, 3.05) is 19.8 Å². The quantitative estimate of drug-likeness (QED) is 0.0542. The average Bonchev–Trinajstić information content (AvgIpc) is 3.70. The van der Waals surface area contributed by atoms with E-state index in [1.807, 2.05) is 6.92 Å². The molecule has 0 spiro atoms. The number of carbonyl (C=O) groups is 6. The molecule has 7 rings (SSSR count). The number of ketones is 1. The van der Waals surface area contributed by atoms with Gasteiger partial charge in [-0.2, -0.15) is 0 Å². The maximum atomic E-state index is 14.0. The van der Waals surface area contributed by atoms with Crippen LogP contribution in [0.5, 0.6) is 23.0 Å². The van der Waals surface area contributed by atoms with Crippen LogP contribution in [0.3, 0.4) is 0 Å². The summed E-state index contributed by atoms with van der Waals surface area (Å²) in [5.74, 6) is -2.14. The fourth-order valence-corrected chi connectivity index (χ4v) is 9.73. The van der Waals surface area contributed by atoms with Gasteiger partial charge in [-0.1, -0.05) is 57.2 Å². The molecular formula is C50H55N5O12S. The van der Waals surface area contributed by atoms with Gasteiger partial charge >= 0.3 is 5.69 Å². The van der Waals surface area contributed by atoms with Crippen molar-refractivity contribution < 1.29 is 51.4 Å². The number of hydrogen-bond donors (Lipinski definition) is 2. The fraction of sp³-hybridized carbons (Fsp3) is 0.380. The van der Waals surface area contributed by atoms with E-state index < -0.39 is 51.2 Å². The summed E-state index contributed by atoms with van der Waals surface area (Å²) in [6.07, 6.45) is 6.99. The molecule has 1 unspecified atom stereocenters. The van der Waals surface area contributed by atoms with Gasteiger partial charge in [-0.15, -0.1) is 0 Å². The normalized spacial score (nSPS) is 14.8. The maximum Gasteiger partial charge on any atom is 0.328 e. The molecule has 5 aromatic rings. The van der Waals surface area contributed by atoms with Crippen molar-refractivity contribution in [2.45, 2.75) is 94.2 Å². The van der Waals surface area contributed by atoms with Gasteiger partial charge in [-0.3, -0.25) is 48.1 Å². The second-order valence-corrected chi connectivity index (χ2v) is 19.0. The first-order valence-electron chi connectivity index (χ1n) is 22.9. The number of rotatable bonds is 23. The second-order valence-electron chi connectivity index (χ2n) is 17.0. The third kappa shape index (κ3) is 11.2. The summed E-state index contributed by atoms with van der Waals surface area (Å²) < 4.78 is 48.6. The predicted octanol–water partition coefficient (Wildman–Crippen LogP) is 6.33. The molecular weight excluding hydrogens is 895 g/mol. The number of imide groups is 2. The SMILES string of the molecule is CCCOc1cccc(Oc2cc3c(cc2CS(=O)(=O)c2cccc(C(=O)NCCCCCCCCCC(=O)COc4cccc5c4C(=O)N(C4CCC(=O)NC4=O)C5=O)c2)n(C)c(=O)n3C)c1. The first-order chi connectivity index (χ1) is 32.7. The molecule has 68 heavy (non-hydrogen) atoms. The molecule has 1 atom stereocenters. The molecule has 2 aliphatic heterocycles. The van der Waals surface area contributed by atoms with Gasteiger partial charge < -0.3 is 19.5 Å². The third-order valence-corrected chi connectivity index (χ3v) is 13.7. The Hall–Kier alpha value is -7.08. The van der Waals surface area contributed by atoms with Gasteiger partial charge in [0.1, 0.15) is 35.6 Å². The Morgan fingerprint density at radius 2 is 1.46 bits per heavy atom. The molecule has 17 nitrogen and oxygen atoms in total. The highest BCUT2D eigenvalue weighted by molar-refractivity contribution is 7.90. The maximum absolute atomic E-state index is 14.0. The zero-order valence-electron chi connectivity index (χ0n) is 38.3. The first kappa shape index (κ1) is 48.8. The molecule has 358 valence electrons. The standard InChI is InChI=1S/C50H55N5O12S/c1-4-25-65-35-17-13-18-36(28-35)67-43-29-41-40(53(2)50(62)54(41)3)27-33(43)31-68(63,64)37-19-12-15-32(26-37)46(58)51-24-11-9-7-5-6-8-10-16-34(56)30-66-42-21-14-20-38-45(42)49(61)55(48(38)60)39-22-23-44(57)52-47(39)59/h12-15,17-21,26-29,39H,4-11,16,22-25,30-31H2,1-3H3,(H,51,58)(H,52,57,59). The van der Waals surface area contributed by atoms with E-state index in [0.717, 1.165) is 49.8 Å². The zero-order chi connectivity index (χ0) is 48.5. The number of piperidine rings is 1. The molecule has 0 aliphatic carbocycles. The number of hydrogen-bond acceptors (Lipinski definition) is 12. The molecule has 4 aromatic carbocycles. The van der Waals surface area contributed by atoms with E-state index in [0.29, 0.717) is 47.7 Å². The average molecular weight is 950 g/mol. The summed E-state index contributed by atoms with van der Waals surface area (Å²) in [4.78, 5) is 89.8. The number of fused-ring (bicyclic) bond motifs is 2. The first-order valence-corrected chi connectivity index (χ1v) is 24.5. The number of imidazole rings is 1. The summed E-state index contributed by atoms with van der Waals surface area (Å²) in [7, 11) is -0.754. The minimum Gasteiger partial charge on any atom is -0.493 e. The molecule has 0 radical (unpaired) electrons. The van der Waals surface area contributed by atoms with Crippen molar-refractivity contribution in [3.8, 4) is 23.0 Å². The lowest BCUT2D eigenvalue weighted by Crippen LogP contribution is -2.54. The summed E-state index contributed by atoms with van der Waals surface area (Å²) in [5.41, 5.74) is 1.45. The summed E-state index contributed by atoms with van der Waals surface area (Å²) >= 11 is 0. The number of benzene rings is 4. The molecule has 5 amide bonds. The van der Waals surface area contributed by atoms with Crippen molar-refractivity contribution >= 4 is 56.2 Å². The summed E-state index contributed by atoms with van der Waals surface area (Å²) in [6, 6.07) is 19.7. The van der Waals surface area contributed by atoms with Crippen LogP contribution in [0, 0.1) is 0 Å².